The molecule has 124 valence electrons. The molecule has 0 unspecified atom stereocenters. The molecule has 2 aromatic heterocycles. The number of aromatic nitrogens is 2. The van der Waals surface area contributed by atoms with Gasteiger partial charge in [-0.05, 0) is 32.0 Å². The number of carbonyl (C=O) groups excluding carboxylic acids is 1. The molecule has 0 bridgehead atoms. The van der Waals surface area contributed by atoms with Crippen LogP contribution in [0.5, 0.6) is 5.75 Å². The predicted molar refractivity (Wildman–Crippen MR) is 97.2 cm³/mol. The van der Waals surface area contributed by atoms with E-state index in [2.05, 4.69) is 4.98 Å². The van der Waals surface area contributed by atoms with Crippen molar-refractivity contribution in [3.8, 4) is 10.9 Å². The lowest BCUT2D eigenvalue weighted by Crippen LogP contribution is -2.13. The van der Waals surface area contributed by atoms with E-state index < -0.39 is 0 Å². The molecule has 0 aliphatic carbocycles. The van der Waals surface area contributed by atoms with E-state index >= 15 is 0 Å². The molecule has 4 nitrogen and oxygen atoms in total. The average Bonchev–Trinajstić information content (AvgIpc) is 3.16. The van der Waals surface area contributed by atoms with Crippen molar-refractivity contribution in [1.29, 1.82) is 0 Å². The van der Waals surface area contributed by atoms with Gasteiger partial charge in [0.15, 0.2) is 11.7 Å². The van der Waals surface area contributed by atoms with Crippen molar-refractivity contribution in [3.05, 3.63) is 62.8 Å². The molecule has 0 saturated carbocycles. The Morgan fingerprint density at radius 3 is 2.83 bits per heavy atom. The minimum Gasteiger partial charge on any atom is -0.484 e. The van der Waals surface area contributed by atoms with Gasteiger partial charge in [0.2, 0.25) is 5.78 Å². The molecule has 24 heavy (non-hydrogen) atoms. The second-order valence-corrected chi connectivity index (χ2v) is 6.86. The third-order valence-electron chi connectivity index (χ3n) is 3.62. The number of hydrogen-bond donors (Lipinski definition) is 0. The molecule has 0 atom stereocenters. The second-order valence-electron chi connectivity index (χ2n) is 5.20. The molecule has 0 aliphatic rings. The Hall–Kier alpha value is -1.82. The summed E-state index contributed by atoms with van der Waals surface area (Å²) in [7, 11) is 0. The van der Waals surface area contributed by atoms with Crippen LogP contribution in [0, 0.1) is 13.8 Å². The van der Waals surface area contributed by atoms with Gasteiger partial charge in [-0.2, -0.15) is 0 Å². The zero-order valence-corrected chi connectivity index (χ0v) is 15.4. The van der Waals surface area contributed by atoms with Crippen molar-refractivity contribution in [2.45, 2.75) is 13.8 Å². The van der Waals surface area contributed by atoms with E-state index in [1.165, 1.54) is 11.3 Å². The van der Waals surface area contributed by atoms with Gasteiger partial charge < -0.3 is 4.74 Å². The third kappa shape index (κ3) is 3.20. The number of thiazole rings is 1. The highest BCUT2D eigenvalue weighted by molar-refractivity contribution is 7.12. The van der Waals surface area contributed by atoms with Gasteiger partial charge in [-0.15, -0.1) is 11.3 Å². The van der Waals surface area contributed by atoms with E-state index in [9.17, 15) is 4.79 Å². The molecule has 0 amide bonds. The molecule has 0 aliphatic heterocycles. The highest BCUT2D eigenvalue weighted by atomic mass is 35.5. The van der Waals surface area contributed by atoms with Gasteiger partial charge in [0.1, 0.15) is 10.8 Å². The normalized spacial score (nSPS) is 10.8. The Labute approximate surface area is 153 Å². The standard InChI is InChI=1S/C17H14Cl2N2O2S/c1-10-8-12(11(2)21(10)17-20-6-7-24-17)14(22)9-23-15-5-3-4-13(18)16(15)19/h3-8H,9H2,1-2H3. The quantitative estimate of drug-likeness (QED) is 0.577. The molecule has 2 heterocycles. The fraction of sp³-hybridized carbons (Fsp3) is 0.176. The average molecular weight is 381 g/mol. The summed E-state index contributed by atoms with van der Waals surface area (Å²) in [4.78, 5) is 16.8. The molecule has 7 heteroatoms. The first-order chi connectivity index (χ1) is 11.5. The van der Waals surface area contributed by atoms with Crippen molar-refractivity contribution in [1.82, 2.24) is 9.55 Å². The maximum atomic E-state index is 12.5. The Bertz CT molecular complexity index is 888. The van der Waals surface area contributed by atoms with E-state index in [0.717, 1.165) is 16.5 Å². The van der Waals surface area contributed by atoms with E-state index in [1.54, 1.807) is 24.4 Å². The maximum Gasteiger partial charge on any atom is 0.202 e. The SMILES string of the molecule is Cc1cc(C(=O)COc2cccc(Cl)c2Cl)c(C)n1-c1nccs1. The number of ether oxygens (including phenoxy) is 1. The van der Waals surface area contributed by atoms with E-state index in [1.807, 2.05) is 29.9 Å². The Morgan fingerprint density at radius 2 is 2.12 bits per heavy atom. The summed E-state index contributed by atoms with van der Waals surface area (Å²) in [6.45, 7) is 3.73. The first-order valence-corrected chi connectivity index (χ1v) is 8.81. The molecular weight excluding hydrogens is 367 g/mol. The van der Waals surface area contributed by atoms with Gasteiger partial charge >= 0.3 is 0 Å². The van der Waals surface area contributed by atoms with Gasteiger partial charge in [-0.3, -0.25) is 9.36 Å². The van der Waals surface area contributed by atoms with Crippen LogP contribution in [0.15, 0.2) is 35.8 Å². The number of ketones is 1. The summed E-state index contributed by atoms with van der Waals surface area (Å²) in [6.07, 6.45) is 1.74. The highest BCUT2D eigenvalue weighted by Crippen LogP contribution is 2.31. The molecule has 0 fully saturated rings. The number of aryl methyl sites for hydroxylation is 1. The lowest BCUT2D eigenvalue weighted by atomic mass is 10.1. The van der Waals surface area contributed by atoms with Crippen molar-refractivity contribution in [2.75, 3.05) is 6.61 Å². The van der Waals surface area contributed by atoms with Crippen molar-refractivity contribution >= 4 is 40.3 Å². The minimum atomic E-state index is -0.123. The lowest BCUT2D eigenvalue weighted by molar-refractivity contribution is 0.0921. The molecule has 3 aromatic rings. The minimum absolute atomic E-state index is 0.109. The second kappa shape index (κ2) is 6.97. The van der Waals surface area contributed by atoms with Crippen LogP contribution in [0.4, 0.5) is 0 Å². The smallest absolute Gasteiger partial charge is 0.202 e. The molecular formula is C17H14Cl2N2O2S. The summed E-state index contributed by atoms with van der Waals surface area (Å²) in [6, 6.07) is 6.92. The largest absolute Gasteiger partial charge is 0.484 e. The maximum absolute atomic E-state index is 12.5. The summed E-state index contributed by atoms with van der Waals surface area (Å²) in [5.74, 6) is 0.271. The molecule has 1 aromatic carbocycles. The van der Waals surface area contributed by atoms with Crippen LogP contribution in [0.1, 0.15) is 21.7 Å². The van der Waals surface area contributed by atoms with Crippen molar-refractivity contribution in [2.24, 2.45) is 0 Å². The topological polar surface area (TPSA) is 44.1 Å². The van der Waals surface area contributed by atoms with Gasteiger partial charge in [-0.1, -0.05) is 29.3 Å². The first-order valence-electron chi connectivity index (χ1n) is 7.18. The van der Waals surface area contributed by atoms with E-state index in [4.69, 9.17) is 27.9 Å². The number of rotatable bonds is 5. The van der Waals surface area contributed by atoms with Gasteiger partial charge in [-0.25, -0.2) is 4.98 Å². The molecule has 3 rings (SSSR count). The molecule has 0 radical (unpaired) electrons. The summed E-state index contributed by atoms with van der Waals surface area (Å²) >= 11 is 13.5. The summed E-state index contributed by atoms with van der Waals surface area (Å²) in [5, 5.41) is 3.44. The first kappa shape index (κ1) is 17.0. The number of hydrogen-bond acceptors (Lipinski definition) is 4. The van der Waals surface area contributed by atoms with Gasteiger partial charge in [0.25, 0.3) is 0 Å². The number of halogens is 2. The third-order valence-corrected chi connectivity index (χ3v) is 5.18. The zero-order valence-electron chi connectivity index (χ0n) is 13.0. The van der Waals surface area contributed by atoms with Crippen LogP contribution in [0.3, 0.4) is 0 Å². The fourth-order valence-corrected chi connectivity index (χ4v) is 3.58. The predicted octanol–water partition coefficient (Wildman–Crippen LogP) is 5.12. The number of carbonyl (C=O) groups is 1. The van der Waals surface area contributed by atoms with Crippen LogP contribution in [-0.4, -0.2) is 21.9 Å². The molecule has 0 saturated heterocycles. The zero-order chi connectivity index (χ0) is 17.3. The Balaban J connectivity index is 1.81. The van der Waals surface area contributed by atoms with E-state index in [0.29, 0.717) is 21.4 Å². The summed E-state index contributed by atoms with van der Waals surface area (Å²) in [5.41, 5.74) is 2.40. The Morgan fingerprint density at radius 1 is 1.33 bits per heavy atom. The van der Waals surface area contributed by atoms with Crippen molar-refractivity contribution in [3.63, 3.8) is 0 Å². The lowest BCUT2D eigenvalue weighted by Gasteiger charge is -2.08. The van der Waals surface area contributed by atoms with Crippen molar-refractivity contribution < 1.29 is 9.53 Å². The molecule has 0 N–H and O–H groups in total. The number of nitrogens with zero attached hydrogens (tertiary/aromatic N) is 2. The fourth-order valence-electron chi connectivity index (χ4n) is 2.48. The van der Waals surface area contributed by atoms with E-state index in [-0.39, 0.29) is 12.4 Å². The highest BCUT2D eigenvalue weighted by Gasteiger charge is 2.18. The van der Waals surface area contributed by atoms with Gasteiger partial charge in [0, 0.05) is 28.5 Å². The van der Waals surface area contributed by atoms with Crippen LogP contribution < -0.4 is 4.74 Å². The monoisotopic (exact) mass is 380 g/mol. The number of Topliss-reactive ketones (excluding diaryl/α,β-unsaturated/α-hetero) is 1. The van der Waals surface area contributed by atoms with Crippen LogP contribution in [0.25, 0.3) is 5.13 Å². The Kier molecular flexibility index (Phi) is 4.94. The van der Waals surface area contributed by atoms with Gasteiger partial charge in [0.05, 0.1) is 5.02 Å². The number of benzene rings is 1. The summed E-state index contributed by atoms with van der Waals surface area (Å²) < 4.78 is 7.50. The molecule has 0 spiro atoms. The van der Waals surface area contributed by atoms with Crippen LogP contribution >= 0.6 is 34.5 Å². The van der Waals surface area contributed by atoms with Crippen LogP contribution in [-0.2, 0) is 0 Å². The van der Waals surface area contributed by atoms with Crippen LogP contribution in [0.2, 0.25) is 10.0 Å².